The van der Waals surface area contributed by atoms with Gasteiger partial charge in [0.15, 0.2) is 0 Å². The molecule has 0 amide bonds. The molecule has 1 aromatic carbocycles. The average molecular weight is 298 g/mol. The predicted octanol–water partition coefficient (Wildman–Crippen LogP) is 2.26. The lowest BCUT2D eigenvalue weighted by Gasteiger charge is -2.34. The zero-order valence-corrected chi connectivity index (χ0v) is 12.1. The molecule has 2 heterocycles. The SMILES string of the molecule is O=C(O)c1ccc(N2CCC(Nc3ncccn3)CC2)cc1. The van der Waals surface area contributed by atoms with Crippen molar-refractivity contribution in [3.05, 3.63) is 48.3 Å². The quantitative estimate of drug-likeness (QED) is 0.901. The van der Waals surface area contributed by atoms with Crippen LogP contribution in [0.25, 0.3) is 0 Å². The number of rotatable bonds is 4. The van der Waals surface area contributed by atoms with E-state index in [1.54, 1.807) is 30.6 Å². The summed E-state index contributed by atoms with van der Waals surface area (Å²) < 4.78 is 0. The fourth-order valence-electron chi connectivity index (χ4n) is 2.65. The lowest BCUT2D eigenvalue weighted by Crippen LogP contribution is -2.39. The minimum atomic E-state index is -0.891. The van der Waals surface area contributed by atoms with Crippen LogP contribution in [-0.2, 0) is 0 Å². The van der Waals surface area contributed by atoms with E-state index in [1.807, 2.05) is 12.1 Å². The smallest absolute Gasteiger partial charge is 0.335 e. The van der Waals surface area contributed by atoms with Crippen LogP contribution in [0.5, 0.6) is 0 Å². The number of nitrogens with zero attached hydrogens (tertiary/aromatic N) is 3. The number of benzene rings is 1. The van der Waals surface area contributed by atoms with E-state index in [9.17, 15) is 4.79 Å². The van der Waals surface area contributed by atoms with Crippen molar-refractivity contribution in [2.75, 3.05) is 23.3 Å². The Hall–Kier alpha value is -2.63. The monoisotopic (exact) mass is 298 g/mol. The van der Waals surface area contributed by atoms with E-state index in [0.29, 0.717) is 17.6 Å². The molecule has 0 atom stereocenters. The predicted molar refractivity (Wildman–Crippen MR) is 84.3 cm³/mol. The van der Waals surface area contributed by atoms with Gasteiger partial charge in [0, 0.05) is 37.2 Å². The number of nitrogens with one attached hydrogen (secondary N) is 1. The van der Waals surface area contributed by atoms with Gasteiger partial charge in [-0.15, -0.1) is 0 Å². The van der Waals surface area contributed by atoms with E-state index in [0.717, 1.165) is 31.6 Å². The van der Waals surface area contributed by atoms with E-state index in [1.165, 1.54) is 0 Å². The number of carboxylic acids is 1. The minimum Gasteiger partial charge on any atom is -0.478 e. The number of anilines is 2. The van der Waals surface area contributed by atoms with Crippen molar-refractivity contribution >= 4 is 17.6 Å². The molecule has 114 valence electrons. The number of piperidine rings is 1. The topological polar surface area (TPSA) is 78.4 Å². The van der Waals surface area contributed by atoms with Crippen molar-refractivity contribution in [2.45, 2.75) is 18.9 Å². The van der Waals surface area contributed by atoms with Gasteiger partial charge in [0.25, 0.3) is 0 Å². The van der Waals surface area contributed by atoms with Gasteiger partial charge in [-0.05, 0) is 43.2 Å². The van der Waals surface area contributed by atoms with Crippen LogP contribution in [0.4, 0.5) is 11.6 Å². The van der Waals surface area contributed by atoms with Gasteiger partial charge in [-0.2, -0.15) is 0 Å². The van der Waals surface area contributed by atoms with Crippen LogP contribution in [0.1, 0.15) is 23.2 Å². The van der Waals surface area contributed by atoms with Crippen LogP contribution in [0.15, 0.2) is 42.7 Å². The van der Waals surface area contributed by atoms with E-state index in [4.69, 9.17) is 5.11 Å². The maximum absolute atomic E-state index is 10.9. The summed E-state index contributed by atoms with van der Waals surface area (Å²) >= 11 is 0. The molecular formula is C16H18N4O2. The maximum Gasteiger partial charge on any atom is 0.335 e. The van der Waals surface area contributed by atoms with Crippen LogP contribution in [0.2, 0.25) is 0 Å². The summed E-state index contributed by atoms with van der Waals surface area (Å²) in [6.07, 6.45) is 5.46. The second-order valence-electron chi connectivity index (χ2n) is 5.33. The third kappa shape index (κ3) is 3.33. The summed E-state index contributed by atoms with van der Waals surface area (Å²) in [6.45, 7) is 1.85. The summed E-state index contributed by atoms with van der Waals surface area (Å²) in [7, 11) is 0. The van der Waals surface area contributed by atoms with Gasteiger partial charge < -0.3 is 15.3 Å². The van der Waals surface area contributed by atoms with Gasteiger partial charge in [0.05, 0.1) is 5.56 Å². The summed E-state index contributed by atoms with van der Waals surface area (Å²) in [4.78, 5) is 21.5. The molecule has 0 radical (unpaired) electrons. The Morgan fingerprint density at radius 1 is 1.14 bits per heavy atom. The van der Waals surface area contributed by atoms with Crippen LogP contribution < -0.4 is 10.2 Å². The molecule has 0 unspecified atom stereocenters. The van der Waals surface area contributed by atoms with Gasteiger partial charge in [0.2, 0.25) is 5.95 Å². The highest BCUT2D eigenvalue weighted by Gasteiger charge is 2.20. The molecule has 1 saturated heterocycles. The van der Waals surface area contributed by atoms with Gasteiger partial charge >= 0.3 is 5.97 Å². The second kappa shape index (κ2) is 6.43. The molecule has 1 aromatic heterocycles. The molecule has 1 aliphatic heterocycles. The second-order valence-corrected chi connectivity index (χ2v) is 5.33. The first-order valence-electron chi connectivity index (χ1n) is 7.34. The van der Waals surface area contributed by atoms with E-state index in [-0.39, 0.29) is 0 Å². The first-order chi connectivity index (χ1) is 10.7. The molecule has 1 aliphatic rings. The number of carbonyl (C=O) groups is 1. The standard InChI is InChI=1S/C16H18N4O2/c21-15(22)12-2-4-14(5-3-12)20-10-6-13(7-11-20)19-16-17-8-1-9-18-16/h1-5,8-9,13H,6-7,10-11H2,(H,21,22)(H,17,18,19). The van der Waals surface area contributed by atoms with Crippen LogP contribution >= 0.6 is 0 Å². The third-order valence-corrected chi connectivity index (χ3v) is 3.87. The Bertz CT molecular complexity index is 622. The van der Waals surface area contributed by atoms with Crippen LogP contribution in [0.3, 0.4) is 0 Å². The number of aromatic carboxylic acids is 1. The Morgan fingerprint density at radius 3 is 2.36 bits per heavy atom. The zero-order chi connectivity index (χ0) is 15.4. The van der Waals surface area contributed by atoms with Crippen molar-refractivity contribution < 1.29 is 9.90 Å². The maximum atomic E-state index is 10.9. The molecule has 0 spiro atoms. The summed E-state index contributed by atoms with van der Waals surface area (Å²) in [5, 5.41) is 12.3. The van der Waals surface area contributed by atoms with Crippen molar-refractivity contribution in [3.8, 4) is 0 Å². The van der Waals surface area contributed by atoms with Crippen LogP contribution in [-0.4, -0.2) is 40.2 Å². The average Bonchev–Trinajstić information content (AvgIpc) is 2.57. The Balaban J connectivity index is 1.56. The Labute approximate surface area is 128 Å². The molecule has 3 rings (SSSR count). The lowest BCUT2D eigenvalue weighted by atomic mass is 10.0. The normalized spacial score (nSPS) is 15.5. The first-order valence-corrected chi connectivity index (χ1v) is 7.34. The largest absolute Gasteiger partial charge is 0.478 e. The van der Waals surface area contributed by atoms with E-state index >= 15 is 0 Å². The number of aromatic nitrogens is 2. The fraction of sp³-hybridized carbons (Fsp3) is 0.312. The molecular weight excluding hydrogens is 280 g/mol. The molecule has 0 bridgehead atoms. The minimum absolute atomic E-state index is 0.321. The van der Waals surface area contributed by atoms with Gasteiger partial charge in [-0.3, -0.25) is 0 Å². The molecule has 6 nitrogen and oxygen atoms in total. The van der Waals surface area contributed by atoms with Crippen LogP contribution in [0, 0.1) is 0 Å². The molecule has 22 heavy (non-hydrogen) atoms. The Kier molecular flexibility index (Phi) is 4.18. The van der Waals surface area contributed by atoms with Crippen molar-refractivity contribution in [3.63, 3.8) is 0 Å². The first kappa shape index (κ1) is 14.3. The third-order valence-electron chi connectivity index (χ3n) is 3.87. The van der Waals surface area contributed by atoms with Crippen molar-refractivity contribution in [2.24, 2.45) is 0 Å². The molecule has 0 aliphatic carbocycles. The summed E-state index contributed by atoms with van der Waals surface area (Å²) in [5.41, 5.74) is 1.39. The Morgan fingerprint density at radius 2 is 1.77 bits per heavy atom. The molecule has 1 fully saturated rings. The number of carboxylic acid groups (broad SMARTS) is 1. The summed E-state index contributed by atoms with van der Waals surface area (Å²) in [6, 6.07) is 9.22. The lowest BCUT2D eigenvalue weighted by molar-refractivity contribution is 0.0697. The highest BCUT2D eigenvalue weighted by atomic mass is 16.4. The van der Waals surface area contributed by atoms with E-state index in [2.05, 4.69) is 20.2 Å². The summed E-state index contributed by atoms with van der Waals surface area (Å²) in [5.74, 6) is -0.218. The highest BCUT2D eigenvalue weighted by molar-refractivity contribution is 5.88. The highest BCUT2D eigenvalue weighted by Crippen LogP contribution is 2.21. The van der Waals surface area contributed by atoms with Gasteiger partial charge in [0.1, 0.15) is 0 Å². The zero-order valence-electron chi connectivity index (χ0n) is 12.1. The number of hydrogen-bond donors (Lipinski definition) is 2. The van der Waals surface area contributed by atoms with E-state index < -0.39 is 5.97 Å². The molecule has 6 heteroatoms. The molecule has 2 aromatic rings. The number of hydrogen-bond acceptors (Lipinski definition) is 5. The molecule has 2 N–H and O–H groups in total. The fourth-order valence-corrected chi connectivity index (χ4v) is 2.65. The van der Waals surface area contributed by atoms with Crippen molar-refractivity contribution in [1.29, 1.82) is 0 Å². The van der Waals surface area contributed by atoms with Gasteiger partial charge in [-0.1, -0.05) is 0 Å². The van der Waals surface area contributed by atoms with Crippen molar-refractivity contribution in [1.82, 2.24) is 9.97 Å². The molecule has 0 saturated carbocycles. The van der Waals surface area contributed by atoms with Gasteiger partial charge in [-0.25, -0.2) is 14.8 Å².